The van der Waals surface area contributed by atoms with Crippen molar-refractivity contribution in [2.45, 2.75) is 31.5 Å². The van der Waals surface area contributed by atoms with Gasteiger partial charge in [-0.3, -0.25) is 9.59 Å². The summed E-state index contributed by atoms with van der Waals surface area (Å²) in [5.74, 6) is -0.710. The molecule has 1 aliphatic rings. The Hall–Kier alpha value is -2.39. The van der Waals surface area contributed by atoms with Gasteiger partial charge >= 0.3 is 0 Å². The van der Waals surface area contributed by atoms with Gasteiger partial charge in [0.15, 0.2) is 0 Å². The molecule has 1 aliphatic heterocycles. The molecule has 0 radical (unpaired) electrons. The zero-order valence-electron chi connectivity index (χ0n) is 11.0. The molecule has 6 nitrogen and oxygen atoms in total. The van der Waals surface area contributed by atoms with Crippen LogP contribution in [0.15, 0.2) is 24.3 Å². The molecule has 0 saturated carbocycles. The topological polar surface area (TPSA) is 102 Å². The summed E-state index contributed by atoms with van der Waals surface area (Å²) in [6.45, 7) is 1.45. The Bertz CT molecular complexity index is 560. The number of benzene rings is 1. The highest BCUT2D eigenvalue weighted by Crippen LogP contribution is 2.10. The fourth-order valence-electron chi connectivity index (χ4n) is 2.08. The lowest BCUT2D eigenvalue weighted by molar-refractivity contribution is -0.139. The molecule has 1 aromatic carbocycles. The van der Waals surface area contributed by atoms with Gasteiger partial charge in [-0.05, 0) is 24.6 Å². The molecule has 1 heterocycles. The van der Waals surface area contributed by atoms with Crippen molar-refractivity contribution in [3.63, 3.8) is 0 Å². The third kappa shape index (κ3) is 2.95. The number of aliphatic hydroxyl groups is 1. The zero-order chi connectivity index (χ0) is 14.7. The number of amides is 2. The average molecular weight is 273 g/mol. The summed E-state index contributed by atoms with van der Waals surface area (Å²) in [7, 11) is 0. The van der Waals surface area contributed by atoms with E-state index in [9.17, 15) is 14.7 Å². The maximum atomic E-state index is 11.9. The predicted molar refractivity (Wildman–Crippen MR) is 70.4 cm³/mol. The number of carbonyl (C=O) groups excluding carboxylic acids is 2. The normalized spacial score (nSPS) is 23.4. The molecule has 0 aromatic heterocycles. The molecule has 1 aromatic rings. The molecule has 0 spiro atoms. The van der Waals surface area contributed by atoms with Gasteiger partial charge in [-0.25, -0.2) is 0 Å². The standard InChI is InChI=1S/C14H15N3O3/c1-8(18)12-14(20)16-11(13(19)17-12)6-9-2-4-10(7-15)5-3-9/h2-5,8,11-12,18H,6H2,1H3,(H,16,20)(H,17,19). The number of carbonyl (C=O) groups is 2. The SMILES string of the molecule is CC(O)C1NC(=O)C(Cc2ccc(C#N)cc2)NC1=O. The summed E-state index contributed by atoms with van der Waals surface area (Å²) in [5.41, 5.74) is 1.39. The van der Waals surface area contributed by atoms with Crippen molar-refractivity contribution >= 4 is 11.8 Å². The van der Waals surface area contributed by atoms with Crippen LogP contribution in [-0.4, -0.2) is 35.1 Å². The van der Waals surface area contributed by atoms with Crippen LogP contribution in [0.4, 0.5) is 0 Å². The number of piperazine rings is 1. The lowest BCUT2D eigenvalue weighted by atomic mass is 10.00. The maximum absolute atomic E-state index is 11.9. The minimum absolute atomic E-state index is 0.320. The van der Waals surface area contributed by atoms with Crippen molar-refractivity contribution in [1.82, 2.24) is 10.6 Å². The lowest BCUT2D eigenvalue weighted by Crippen LogP contribution is -2.65. The summed E-state index contributed by atoms with van der Waals surface area (Å²) >= 11 is 0. The molecule has 2 rings (SSSR count). The van der Waals surface area contributed by atoms with Gasteiger partial charge in [0.1, 0.15) is 12.1 Å². The molecule has 1 saturated heterocycles. The van der Waals surface area contributed by atoms with E-state index in [2.05, 4.69) is 10.6 Å². The Morgan fingerprint density at radius 3 is 2.45 bits per heavy atom. The van der Waals surface area contributed by atoms with Gasteiger partial charge in [0.05, 0.1) is 17.7 Å². The second kappa shape index (κ2) is 5.72. The lowest BCUT2D eigenvalue weighted by Gasteiger charge is -2.31. The average Bonchev–Trinajstić information content (AvgIpc) is 2.43. The number of nitrogens with zero attached hydrogens (tertiary/aromatic N) is 1. The Kier molecular flexibility index (Phi) is 4.01. The van der Waals surface area contributed by atoms with Crippen molar-refractivity contribution in [3.05, 3.63) is 35.4 Å². The fourth-order valence-corrected chi connectivity index (χ4v) is 2.08. The van der Waals surface area contributed by atoms with E-state index in [0.717, 1.165) is 5.56 Å². The molecule has 104 valence electrons. The highest BCUT2D eigenvalue weighted by Gasteiger charge is 2.35. The zero-order valence-corrected chi connectivity index (χ0v) is 11.0. The maximum Gasteiger partial charge on any atom is 0.245 e. The summed E-state index contributed by atoms with van der Waals surface area (Å²) in [5, 5.41) is 23.2. The summed E-state index contributed by atoms with van der Waals surface area (Å²) in [6, 6.07) is 7.27. The Morgan fingerprint density at radius 2 is 1.90 bits per heavy atom. The monoisotopic (exact) mass is 273 g/mol. The molecular formula is C14H15N3O3. The van der Waals surface area contributed by atoms with E-state index in [-0.39, 0.29) is 5.91 Å². The first-order chi connectivity index (χ1) is 9.51. The van der Waals surface area contributed by atoms with Gasteiger partial charge < -0.3 is 15.7 Å². The van der Waals surface area contributed by atoms with E-state index in [1.165, 1.54) is 6.92 Å². The molecule has 0 bridgehead atoms. The quantitative estimate of drug-likeness (QED) is 0.688. The van der Waals surface area contributed by atoms with Crippen molar-refractivity contribution in [3.8, 4) is 6.07 Å². The molecule has 20 heavy (non-hydrogen) atoms. The number of hydrogen-bond donors (Lipinski definition) is 3. The van der Waals surface area contributed by atoms with Crippen LogP contribution in [-0.2, 0) is 16.0 Å². The van der Waals surface area contributed by atoms with Gasteiger partial charge in [-0.2, -0.15) is 5.26 Å². The Labute approximate surface area is 116 Å². The Balaban J connectivity index is 2.05. The molecule has 3 N–H and O–H groups in total. The van der Waals surface area contributed by atoms with Crippen molar-refractivity contribution in [2.75, 3.05) is 0 Å². The van der Waals surface area contributed by atoms with Crippen molar-refractivity contribution < 1.29 is 14.7 Å². The van der Waals surface area contributed by atoms with Crippen molar-refractivity contribution in [1.29, 1.82) is 5.26 Å². The third-order valence-corrected chi connectivity index (χ3v) is 3.22. The smallest absolute Gasteiger partial charge is 0.245 e. The predicted octanol–water partition coefficient (Wildman–Crippen LogP) is -0.535. The molecular weight excluding hydrogens is 258 g/mol. The Morgan fingerprint density at radius 1 is 1.25 bits per heavy atom. The molecule has 3 atom stereocenters. The minimum atomic E-state index is -0.935. The van der Waals surface area contributed by atoms with E-state index in [4.69, 9.17) is 5.26 Å². The first kappa shape index (κ1) is 14.0. The first-order valence-electron chi connectivity index (χ1n) is 6.29. The number of nitriles is 1. The van der Waals surface area contributed by atoms with Crippen LogP contribution in [0.5, 0.6) is 0 Å². The number of nitrogens with one attached hydrogen (secondary N) is 2. The fraction of sp³-hybridized carbons (Fsp3) is 0.357. The summed E-state index contributed by atoms with van der Waals surface area (Å²) in [6.07, 6.45) is -0.592. The molecule has 1 fully saturated rings. The van der Waals surface area contributed by atoms with Gasteiger partial charge in [0.25, 0.3) is 0 Å². The van der Waals surface area contributed by atoms with Gasteiger partial charge in [0.2, 0.25) is 11.8 Å². The number of aliphatic hydroxyl groups excluding tert-OH is 1. The number of rotatable bonds is 3. The van der Waals surface area contributed by atoms with E-state index in [1.807, 2.05) is 6.07 Å². The molecule has 3 unspecified atom stereocenters. The summed E-state index contributed by atoms with van der Waals surface area (Å²) in [4.78, 5) is 23.6. The van der Waals surface area contributed by atoms with E-state index in [1.54, 1.807) is 24.3 Å². The van der Waals surface area contributed by atoms with Gasteiger partial charge in [0, 0.05) is 6.42 Å². The number of hydrogen-bond acceptors (Lipinski definition) is 4. The van der Waals surface area contributed by atoms with Gasteiger partial charge in [-0.15, -0.1) is 0 Å². The largest absolute Gasteiger partial charge is 0.391 e. The second-order valence-corrected chi connectivity index (χ2v) is 4.80. The third-order valence-electron chi connectivity index (χ3n) is 3.22. The van der Waals surface area contributed by atoms with E-state index in [0.29, 0.717) is 12.0 Å². The van der Waals surface area contributed by atoms with Crippen LogP contribution in [0.3, 0.4) is 0 Å². The van der Waals surface area contributed by atoms with E-state index < -0.39 is 24.1 Å². The van der Waals surface area contributed by atoms with Crippen LogP contribution in [0.25, 0.3) is 0 Å². The molecule has 6 heteroatoms. The van der Waals surface area contributed by atoms with E-state index >= 15 is 0 Å². The molecule has 0 aliphatic carbocycles. The summed E-state index contributed by atoms with van der Waals surface area (Å²) < 4.78 is 0. The molecule has 2 amide bonds. The highest BCUT2D eigenvalue weighted by atomic mass is 16.3. The highest BCUT2D eigenvalue weighted by molar-refractivity contribution is 5.97. The van der Waals surface area contributed by atoms with Gasteiger partial charge in [-0.1, -0.05) is 12.1 Å². The minimum Gasteiger partial charge on any atom is -0.391 e. The first-order valence-corrected chi connectivity index (χ1v) is 6.29. The van der Waals surface area contributed by atoms with Crippen LogP contribution in [0, 0.1) is 11.3 Å². The van der Waals surface area contributed by atoms with Crippen LogP contribution in [0.2, 0.25) is 0 Å². The van der Waals surface area contributed by atoms with Crippen LogP contribution >= 0.6 is 0 Å². The second-order valence-electron chi connectivity index (χ2n) is 4.80. The van der Waals surface area contributed by atoms with Crippen molar-refractivity contribution in [2.24, 2.45) is 0 Å². The van der Waals surface area contributed by atoms with Crippen LogP contribution in [0.1, 0.15) is 18.1 Å². The van der Waals surface area contributed by atoms with Crippen LogP contribution < -0.4 is 10.6 Å².